The van der Waals surface area contributed by atoms with Crippen molar-refractivity contribution in [1.29, 1.82) is 0 Å². The molecule has 2 aliphatic heterocycles. The zero-order chi connectivity index (χ0) is 22.8. The van der Waals surface area contributed by atoms with Crippen molar-refractivity contribution in [2.24, 2.45) is 0 Å². The van der Waals surface area contributed by atoms with Crippen molar-refractivity contribution >= 4 is 34.1 Å². The SMILES string of the molecule is CCc1ccc(NC(=O)N2CCCC2C(=O)Nc2nnc(-c3ccc4c(c3)OCO4)s2)cc1. The number of rotatable bonds is 5. The lowest BCUT2D eigenvalue weighted by Gasteiger charge is -2.23. The molecule has 0 saturated carbocycles. The number of amides is 3. The molecule has 170 valence electrons. The van der Waals surface area contributed by atoms with Crippen molar-refractivity contribution in [3.63, 3.8) is 0 Å². The summed E-state index contributed by atoms with van der Waals surface area (Å²) in [4.78, 5) is 27.3. The molecule has 9 nitrogen and oxygen atoms in total. The van der Waals surface area contributed by atoms with Crippen LogP contribution >= 0.6 is 11.3 Å². The number of urea groups is 1. The fourth-order valence-corrected chi connectivity index (χ4v) is 4.65. The first-order valence-corrected chi connectivity index (χ1v) is 11.6. The molecule has 1 fully saturated rings. The Hall–Kier alpha value is -3.66. The van der Waals surface area contributed by atoms with Gasteiger partial charge in [0.25, 0.3) is 0 Å². The van der Waals surface area contributed by atoms with Gasteiger partial charge in [0, 0.05) is 17.8 Å². The number of aryl methyl sites for hydroxylation is 1. The summed E-state index contributed by atoms with van der Waals surface area (Å²) in [6, 6.07) is 12.4. The van der Waals surface area contributed by atoms with Crippen LogP contribution in [0, 0.1) is 0 Å². The summed E-state index contributed by atoms with van der Waals surface area (Å²) in [7, 11) is 0. The number of anilines is 2. The molecule has 1 atom stereocenters. The number of benzene rings is 2. The second kappa shape index (κ2) is 9.07. The van der Waals surface area contributed by atoms with E-state index in [1.54, 1.807) is 4.90 Å². The lowest BCUT2D eigenvalue weighted by atomic mass is 10.1. The van der Waals surface area contributed by atoms with Crippen LogP contribution < -0.4 is 20.1 Å². The van der Waals surface area contributed by atoms with Gasteiger partial charge in [-0.2, -0.15) is 0 Å². The number of hydrogen-bond donors (Lipinski definition) is 2. The molecule has 1 unspecified atom stereocenters. The number of nitrogens with zero attached hydrogens (tertiary/aromatic N) is 3. The van der Waals surface area contributed by atoms with Crippen molar-refractivity contribution < 1.29 is 19.1 Å². The molecule has 2 N–H and O–H groups in total. The third kappa shape index (κ3) is 4.47. The number of hydrogen-bond acceptors (Lipinski definition) is 7. The van der Waals surface area contributed by atoms with Gasteiger partial charge < -0.3 is 19.7 Å². The Morgan fingerprint density at radius 1 is 1.09 bits per heavy atom. The highest BCUT2D eigenvalue weighted by Gasteiger charge is 2.34. The normalized spacial score (nSPS) is 16.6. The molecule has 1 saturated heterocycles. The van der Waals surface area contributed by atoms with E-state index in [0.717, 1.165) is 18.4 Å². The van der Waals surface area contributed by atoms with E-state index in [9.17, 15) is 9.59 Å². The Morgan fingerprint density at radius 3 is 2.73 bits per heavy atom. The Bertz CT molecular complexity index is 1180. The average Bonchev–Trinajstić information content (AvgIpc) is 3.59. The Labute approximate surface area is 194 Å². The van der Waals surface area contributed by atoms with Gasteiger partial charge in [-0.1, -0.05) is 30.4 Å². The smallest absolute Gasteiger partial charge is 0.322 e. The quantitative estimate of drug-likeness (QED) is 0.587. The van der Waals surface area contributed by atoms with Gasteiger partial charge in [0.05, 0.1) is 0 Å². The topological polar surface area (TPSA) is 106 Å². The van der Waals surface area contributed by atoms with Gasteiger partial charge in [-0.05, 0) is 55.2 Å². The highest BCUT2D eigenvalue weighted by molar-refractivity contribution is 7.18. The molecule has 2 aromatic carbocycles. The van der Waals surface area contributed by atoms with Gasteiger partial charge >= 0.3 is 6.03 Å². The number of aromatic nitrogens is 2. The van der Waals surface area contributed by atoms with E-state index in [4.69, 9.17) is 9.47 Å². The van der Waals surface area contributed by atoms with E-state index in [1.807, 2.05) is 42.5 Å². The molecule has 3 heterocycles. The van der Waals surface area contributed by atoms with Gasteiger partial charge in [-0.25, -0.2) is 4.79 Å². The molecule has 0 spiro atoms. The predicted molar refractivity (Wildman–Crippen MR) is 125 cm³/mol. The molecule has 2 aliphatic rings. The molecule has 33 heavy (non-hydrogen) atoms. The molecule has 0 aliphatic carbocycles. The maximum absolute atomic E-state index is 12.9. The van der Waals surface area contributed by atoms with E-state index in [-0.39, 0.29) is 18.7 Å². The number of carbonyl (C=O) groups excluding carboxylic acids is 2. The van der Waals surface area contributed by atoms with Crippen LogP contribution in [-0.2, 0) is 11.2 Å². The fourth-order valence-electron chi connectivity index (χ4n) is 3.91. The number of nitrogens with one attached hydrogen (secondary N) is 2. The summed E-state index contributed by atoms with van der Waals surface area (Å²) in [5.74, 6) is 1.08. The molecule has 10 heteroatoms. The molecule has 3 amide bonds. The first-order valence-electron chi connectivity index (χ1n) is 10.8. The van der Waals surface area contributed by atoms with Crippen LogP contribution in [0.15, 0.2) is 42.5 Å². The first kappa shape index (κ1) is 21.2. The highest BCUT2D eigenvalue weighted by atomic mass is 32.1. The minimum Gasteiger partial charge on any atom is -0.454 e. The van der Waals surface area contributed by atoms with Gasteiger partial charge in [-0.15, -0.1) is 10.2 Å². The van der Waals surface area contributed by atoms with Crippen molar-refractivity contribution in [3.05, 3.63) is 48.0 Å². The van der Waals surface area contributed by atoms with Crippen LogP contribution in [0.2, 0.25) is 0 Å². The van der Waals surface area contributed by atoms with Crippen LogP contribution in [0.4, 0.5) is 15.6 Å². The minimum absolute atomic E-state index is 0.200. The zero-order valence-electron chi connectivity index (χ0n) is 18.0. The molecule has 5 rings (SSSR count). The predicted octanol–water partition coefficient (Wildman–Crippen LogP) is 4.13. The number of fused-ring (bicyclic) bond motifs is 1. The van der Waals surface area contributed by atoms with E-state index < -0.39 is 6.04 Å². The summed E-state index contributed by atoms with van der Waals surface area (Å²) in [5.41, 5.74) is 2.73. The average molecular weight is 466 g/mol. The first-order chi connectivity index (χ1) is 16.1. The molecule has 3 aromatic rings. The van der Waals surface area contributed by atoms with E-state index in [1.165, 1.54) is 16.9 Å². The van der Waals surface area contributed by atoms with Crippen LogP contribution in [0.25, 0.3) is 10.6 Å². The lowest BCUT2D eigenvalue weighted by molar-refractivity contribution is -0.119. The summed E-state index contributed by atoms with van der Waals surface area (Å²) in [6.07, 6.45) is 2.30. The van der Waals surface area contributed by atoms with Crippen LogP contribution in [0.1, 0.15) is 25.3 Å². The summed E-state index contributed by atoms with van der Waals surface area (Å²) >= 11 is 1.26. The van der Waals surface area contributed by atoms with Crippen molar-refractivity contribution in [2.75, 3.05) is 24.0 Å². The third-order valence-corrected chi connectivity index (χ3v) is 6.59. The molecule has 0 radical (unpaired) electrons. The van der Waals surface area contributed by atoms with Gasteiger partial charge in [-0.3, -0.25) is 10.1 Å². The van der Waals surface area contributed by atoms with Crippen molar-refractivity contribution in [1.82, 2.24) is 15.1 Å². The second-order valence-electron chi connectivity index (χ2n) is 7.80. The third-order valence-electron chi connectivity index (χ3n) is 5.70. The molecular weight excluding hydrogens is 442 g/mol. The van der Waals surface area contributed by atoms with Gasteiger partial charge in [0.15, 0.2) is 11.5 Å². The van der Waals surface area contributed by atoms with Crippen molar-refractivity contribution in [2.45, 2.75) is 32.2 Å². The maximum Gasteiger partial charge on any atom is 0.322 e. The molecule has 0 bridgehead atoms. The Kier molecular flexibility index (Phi) is 5.82. The van der Waals surface area contributed by atoms with E-state index in [2.05, 4.69) is 27.8 Å². The van der Waals surface area contributed by atoms with Crippen LogP contribution in [-0.4, -0.2) is 46.4 Å². The lowest BCUT2D eigenvalue weighted by Crippen LogP contribution is -2.45. The minimum atomic E-state index is -0.558. The monoisotopic (exact) mass is 465 g/mol. The Balaban J connectivity index is 1.23. The zero-order valence-corrected chi connectivity index (χ0v) is 18.9. The van der Waals surface area contributed by atoms with Crippen LogP contribution in [0.5, 0.6) is 11.5 Å². The van der Waals surface area contributed by atoms with E-state index in [0.29, 0.717) is 40.3 Å². The largest absolute Gasteiger partial charge is 0.454 e. The van der Waals surface area contributed by atoms with Gasteiger partial charge in [0.1, 0.15) is 11.0 Å². The fraction of sp³-hybridized carbons (Fsp3) is 0.304. The maximum atomic E-state index is 12.9. The highest BCUT2D eigenvalue weighted by Crippen LogP contribution is 2.37. The standard InChI is InChI=1S/C23H23N5O4S/c1-2-14-5-8-16(9-6-14)24-23(30)28-11-3-4-17(28)20(29)25-22-27-26-21(33-22)15-7-10-18-19(12-15)32-13-31-18/h5-10,12,17H,2-4,11,13H2,1H3,(H,24,30)(H,25,27,29). The summed E-state index contributed by atoms with van der Waals surface area (Å²) in [5, 5.41) is 15.0. The van der Waals surface area contributed by atoms with Gasteiger partial charge in [0.2, 0.25) is 17.8 Å². The number of ether oxygens (including phenoxy) is 2. The van der Waals surface area contributed by atoms with Crippen molar-refractivity contribution in [3.8, 4) is 22.1 Å². The van der Waals surface area contributed by atoms with Crippen LogP contribution in [0.3, 0.4) is 0 Å². The number of carbonyl (C=O) groups is 2. The molecule has 1 aromatic heterocycles. The Morgan fingerprint density at radius 2 is 1.91 bits per heavy atom. The second-order valence-corrected chi connectivity index (χ2v) is 8.78. The summed E-state index contributed by atoms with van der Waals surface area (Å²) < 4.78 is 10.7. The van der Waals surface area contributed by atoms with E-state index >= 15 is 0 Å². The number of likely N-dealkylation sites (tertiary alicyclic amines) is 1. The molecular formula is C23H23N5O4S. The summed E-state index contributed by atoms with van der Waals surface area (Å²) in [6.45, 7) is 2.80.